The van der Waals surface area contributed by atoms with Gasteiger partial charge in [0.1, 0.15) is 17.5 Å². The maximum absolute atomic E-state index is 13.0. The van der Waals surface area contributed by atoms with Crippen molar-refractivity contribution in [2.75, 3.05) is 6.61 Å². The molecule has 0 fully saturated rings. The van der Waals surface area contributed by atoms with Crippen molar-refractivity contribution >= 4 is 11.6 Å². The molecule has 3 N–H and O–H groups in total. The number of carbonyl (C=O) groups is 1. The molecule has 0 radical (unpaired) electrons. The monoisotopic (exact) mass is 526 g/mol. The number of nitriles is 1. The van der Waals surface area contributed by atoms with Crippen LogP contribution in [0.25, 0.3) is 16.9 Å². The summed E-state index contributed by atoms with van der Waals surface area (Å²) in [6, 6.07) is 18.3. The molecule has 202 valence electrons. The van der Waals surface area contributed by atoms with Crippen molar-refractivity contribution < 1.29 is 19.7 Å². The first-order chi connectivity index (χ1) is 18.6. The molecule has 1 unspecified atom stereocenters. The molecule has 0 aliphatic carbocycles. The lowest BCUT2D eigenvalue weighted by atomic mass is 10.00. The number of nitrogens with zero attached hydrogens (tertiary/aromatic N) is 3. The molecule has 2 aromatic carbocycles. The third-order valence-electron chi connectivity index (χ3n) is 6.41. The maximum atomic E-state index is 13.0. The van der Waals surface area contributed by atoms with Crippen LogP contribution in [0, 0.1) is 11.3 Å². The Kier molecular flexibility index (Phi) is 8.34. The number of hydrogen-bond acceptors (Lipinski definition) is 6. The summed E-state index contributed by atoms with van der Waals surface area (Å²) in [7, 11) is 0. The first-order valence-electron chi connectivity index (χ1n) is 13.0. The number of amides is 1. The van der Waals surface area contributed by atoms with Crippen molar-refractivity contribution in [2.45, 2.75) is 58.3 Å². The number of carbonyl (C=O) groups excluding carboxylic acids is 1. The molecule has 2 heterocycles. The largest absolute Gasteiger partial charge is 0.490 e. The molecule has 0 spiro atoms. The first kappa shape index (κ1) is 27.8. The lowest BCUT2D eigenvalue weighted by Crippen LogP contribution is -2.37. The van der Waals surface area contributed by atoms with Crippen molar-refractivity contribution in [1.82, 2.24) is 14.7 Å². The van der Waals surface area contributed by atoms with Crippen molar-refractivity contribution in [2.24, 2.45) is 0 Å². The third-order valence-corrected chi connectivity index (χ3v) is 6.41. The van der Waals surface area contributed by atoms with Crippen molar-refractivity contribution in [1.29, 1.82) is 5.26 Å². The summed E-state index contributed by atoms with van der Waals surface area (Å²) < 4.78 is 7.55. The highest BCUT2D eigenvalue weighted by Crippen LogP contribution is 2.27. The SMILES string of the molecule is CC(C)Oc1ccc(C(=O)NC(CCO)Cc2ccc(-c3cn4cccc(C(C)(C)O)c4n3)cc2)cc1C#N. The highest BCUT2D eigenvalue weighted by Gasteiger charge is 2.21. The van der Waals surface area contributed by atoms with Crippen LogP contribution in [0.2, 0.25) is 0 Å². The van der Waals surface area contributed by atoms with Crippen LogP contribution in [0.5, 0.6) is 5.75 Å². The minimum Gasteiger partial charge on any atom is -0.490 e. The fourth-order valence-corrected chi connectivity index (χ4v) is 4.49. The van der Waals surface area contributed by atoms with E-state index in [-0.39, 0.29) is 24.7 Å². The molecule has 0 aliphatic heterocycles. The van der Waals surface area contributed by atoms with E-state index in [0.29, 0.717) is 35.4 Å². The Morgan fingerprint density at radius 2 is 1.92 bits per heavy atom. The fraction of sp³-hybridized carbons (Fsp3) is 0.323. The minimum atomic E-state index is -1.01. The number of rotatable bonds is 10. The second-order valence-corrected chi connectivity index (χ2v) is 10.4. The smallest absolute Gasteiger partial charge is 0.251 e. The molecule has 8 nitrogen and oxygen atoms in total. The Hall–Kier alpha value is -4.19. The maximum Gasteiger partial charge on any atom is 0.251 e. The average Bonchev–Trinajstić information content (AvgIpc) is 3.33. The summed E-state index contributed by atoms with van der Waals surface area (Å²) >= 11 is 0. The highest BCUT2D eigenvalue weighted by molar-refractivity contribution is 5.95. The zero-order valence-electron chi connectivity index (χ0n) is 22.7. The average molecular weight is 527 g/mol. The predicted molar refractivity (Wildman–Crippen MR) is 149 cm³/mol. The predicted octanol–water partition coefficient (Wildman–Crippen LogP) is 4.61. The van der Waals surface area contributed by atoms with Crippen molar-refractivity contribution in [3.8, 4) is 23.1 Å². The lowest BCUT2D eigenvalue weighted by Gasteiger charge is -2.19. The summed E-state index contributed by atoms with van der Waals surface area (Å²) in [5, 5.41) is 32.6. The van der Waals surface area contributed by atoms with Crippen molar-refractivity contribution in [3.63, 3.8) is 0 Å². The quantitative estimate of drug-likeness (QED) is 0.278. The number of aliphatic hydroxyl groups excluding tert-OH is 1. The van der Waals surface area contributed by atoms with E-state index >= 15 is 0 Å². The van der Waals surface area contributed by atoms with Crippen LogP contribution >= 0.6 is 0 Å². The summed E-state index contributed by atoms with van der Waals surface area (Å²) in [4.78, 5) is 17.7. The number of aliphatic hydroxyl groups is 2. The summed E-state index contributed by atoms with van der Waals surface area (Å²) in [5.41, 5.74) is 3.82. The van der Waals surface area contributed by atoms with E-state index in [1.165, 1.54) is 6.07 Å². The Morgan fingerprint density at radius 1 is 1.18 bits per heavy atom. The van der Waals surface area contributed by atoms with Crippen LogP contribution in [0.15, 0.2) is 67.0 Å². The molecular formula is C31H34N4O4. The van der Waals surface area contributed by atoms with Crippen LogP contribution in [0.4, 0.5) is 0 Å². The number of imidazole rings is 1. The Morgan fingerprint density at radius 3 is 2.56 bits per heavy atom. The van der Waals surface area contributed by atoms with Gasteiger partial charge in [0.15, 0.2) is 0 Å². The number of benzene rings is 2. The van der Waals surface area contributed by atoms with Crippen LogP contribution in [0.3, 0.4) is 0 Å². The van der Waals surface area contributed by atoms with Gasteiger partial charge in [-0.25, -0.2) is 4.98 Å². The molecule has 4 aromatic rings. The zero-order valence-corrected chi connectivity index (χ0v) is 22.7. The zero-order chi connectivity index (χ0) is 28.2. The van der Waals surface area contributed by atoms with Gasteiger partial charge in [0.05, 0.1) is 23.0 Å². The van der Waals surface area contributed by atoms with Crippen LogP contribution < -0.4 is 10.1 Å². The van der Waals surface area contributed by atoms with Crippen molar-refractivity contribution in [3.05, 3.63) is 89.2 Å². The molecule has 8 heteroatoms. The van der Waals surface area contributed by atoms with Gasteiger partial charge in [-0.05, 0) is 70.4 Å². The van der Waals surface area contributed by atoms with E-state index < -0.39 is 5.60 Å². The Balaban J connectivity index is 1.48. The molecule has 0 aliphatic rings. The second-order valence-electron chi connectivity index (χ2n) is 10.4. The van der Waals surface area contributed by atoms with Gasteiger partial charge in [-0.15, -0.1) is 0 Å². The number of fused-ring (bicyclic) bond motifs is 1. The molecule has 2 aromatic heterocycles. The topological polar surface area (TPSA) is 120 Å². The molecule has 4 rings (SSSR count). The van der Waals surface area contributed by atoms with E-state index in [1.54, 1.807) is 26.0 Å². The summed E-state index contributed by atoms with van der Waals surface area (Å²) in [5.74, 6) is 0.128. The number of aromatic nitrogens is 2. The molecular weight excluding hydrogens is 492 g/mol. The molecule has 0 saturated heterocycles. The minimum absolute atomic E-state index is 0.0710. The molecule has 0 saturated carbocycles. The van der Waals surface area contributed by atoms with Crippen LogP contribution in [0.1, 0.15) is 61.2 Å². The van der Waals surface area contributed by atoms with Gasteiger partial charge < -0.3 is 24.7 Å². The van der Waals surface area contributed by atoms with Gasteiger partial charge in [0.25, 0.3) is 5.91 Å². The summed E-state index contributed by atoms with van der Waals surface area (Å²) in [6.07, 6.45) is 4.66. The molecule has 1 amide bonds. The number of nitrogens with one attached hydrogen (secondary N) is 1. The van der Waals surface area contributed by atoms with Crippen LogP contribution in [-0.4, -0.2) is 44.3 Å². The normalized spacial score (nSPS) is 12.4. The van der Waals surface area contributed by atoms with E-state index in [4.69, 9.17) is 9.72 Å². The third kappa shape index (κ3) is 6.63. The van der Waals surface area contributed by atoms with Gasteiger partial charge in [-0.1, -0.05) is 30.3 Å². The number of hydrogen-bond donors (Lipinski definition) is 3. The second kappa shape index (κ2) is 11.7. The summed E-state index contributed by atoms with van der Waals surface area (Å²) in [6.45, 7) is 7.16. The lowest BCUT2D eigenvalue weighted by molar-refractivity contribution is 0.0796. The van der Waals surface area contributed by atoms with Gasteiger partial charge in [0.2, 0.25) is 0 Å². The highest BCUT2D eigenvalue weighted by atomic mass is 16.5. The van der Waals surface area contributed by atoms with E-state index in [0.717, 1.165) is 22.4 Å². The fourth-order valence-electron chi connectivity index (χ4n) is 4.49. The Bertz CT molecular complexity index is 1490. The van der Waals surface area contributed by atoms with E-state index in [1.807, 2.05) is 67.0 Å². The standard InChI is InChI=1S/C31H34N4O4/c1-20(2)39-28-12-11-23(17-24(28)18-32)30(37)33-25(13-15-36)16-21-7-9-22(10-8-21)27-19-35-14-5-6-26(29(35)34-27)31(3,4)38/h5-12,14,17,19-20,25,36,38H,13,15-16H2,1-4H3,(H,33,37). The Labute approximate surface area is 228 Å². The molecule has 1 atom stereocenters. The van der Waals surface area contributed by atoms with Gasteiger partial charge >= 0.3 is 0 Å². The molecule has 0 bridgehead atoms. The number of ether oxygens (including phenoxy) is 1. The van der Waals surface area contributed by atoms with Gasteiger partial charge in [-0.3, -0.25) is 4.79 Å². The van der Waals surface area contributed by atoms with E-state index in [9.17, 15) is 20.3 Å². The first-order valence-corrected chi connectivity index (χ1v) is 13.0. The van der Waals surface area contributed by atoms with E-state index in [2.05, 4.69) is 11.4 Å². The van der Waals surface area contributed by atoms with Crippen LogP contribution in [-0.2, 0) is 12.0 Å². The molecule has 39 heavy (non-hydrogen) atoms. The van der Waals surface area contributed by atoms with Gasteiger partial charge in [-0.2, -0.15) is 5.26 Å². The number of pyridine rings is 1. The van der Waals surface area contributed by atoms with Gasteiger partial charge in [0, 0.05) is 41.7 Å².